The van der Waals surface area contributed by atoms with Crippen molar-refractivity contribution in [3.8, 4) is 11.3 Å². The third-order valence-electron chi connectivity index (χ3n) is 4.62. The van der Waals surface area contributed by atoms with Crippen LogP contribution in [0.2, 0.25) is 0 Å². The number of nitrogens with one attached hydrogen (secondary N) is 1. The maximum atomic E-state index is 13.2. The molecule has 1 amide bonds. The van der Waals surface area contributed by atoms with E-state index in [2.05, 4.69) is 15.2 Å². The number of methoxy groups -OCH3 is 1. The van der Waals surface area contributed by atoms with Crippen LogP contribution in [0.25, 0.3) is 17.3 Å². The van der Waals surface area contributed by atoms with E-state index >= 15 is 0 Å². The highest BCUT2D eigenvalue weighted by Crippen LogP contribution is 2.24. The minimum Gasteiger partial charge on any atom is -0.467 e. The molecule has 0 saturated carbocycles. The Hall–Kier alpha value is -3.78. The molecule has 0 aliphatic heterocycles. The Kier molecular flexibility index (Phi) is 6.94. The van der Waals surface area contributed by atoms with Crippen LogP contribution in [0, 0.1) is 5.82 Å². The molecule has 2 N–H and O–H groups in total. The number of hydrogen-bond donors (Lipinski definition) is 2. The van der Waals surface area contributed by atoms with Gasteiger partial charge in [-0.25, -0.2) is 9.18 Å². The molecule has 31 heavy (non-hydrogen) atoms. The largest absolute Gasteiger partial charge is 0.467 e. The lowest BCUT2D eigenvalue weighted by atomic mass is 10.1. The molecule has 1 atom stereocenters. The van der Waals surface area contributed by atoms with Crippen molar-refractivity contribution >= 4 is 23.6 Å². The van der Waals surface area contributed by atoms with Gasteiger partial charge >= 0.3 is 5.97 Å². The summed E-state index contributed by atoms with van der Waals surface area (Å²) in [5, 5.41) is 16.7. The predicted octanol–water partition coefficient (Wildman–Crippen LogP) is 2.95. The SMILES string of the molecule is COC(=O)C(O)Cc1ccc(NC(=O)/C=C/c2cnn(C)c2-c2ccc(F)cc2)cc1. The molecule has 0 saturated heterocycles. The number of carbonyl (C=O) groups excluding carboxylic acids is 2. The average Bonchev–Trinajstić information content (AvgIpc) is 3.14. The number of aliphatic hydroxyl groups excluding tert-OH is 1. The van der Waals surface area contributed by atoms with Crippen molar-refractivity contribution in [1.82, 2.24) is 9.78 Å². The van der Waals surface area contributed by atoms with Gasteiger partial charge < -0.3 is 15.2 Å². The lowest BCUT2D eigenvalue weighted by Crippen LogP contribution is -2.24. The number of halogens is 1. The van der Waals surface area contributed by atoms with E-state index in [1.54, 1.807) is 60.4 Å². The fourth-order valence-corrected chi connectivity index (χ4v) is 3.05. The summed E-state index contributed by atoms with van der Waals surface area (Å²) in [5.41, 5.74) is 3.56. The van der Waals surface area contributed by atoms with Crippen LogP contribution in [-0.4, -0.2) is 40.0 Å². The van der Waals surface area contributed by atoms with Crippen LogP contribution in [-0.2, 0) is 27.8 Å². The minimum absolute atomic E-state index is 0.119. The minimum atomic E-state index is -1.23. The second kappa shape index (κ2) is 9.82. The number of benzene rings is 2. The van der Waals surface area contributed by atoms with Gasteiger partial charge in [0, 0.05) is 36.4 Å². The summed E-state index contributed by atoms with van der Waals surface area (Å²) in [7, 11) is 2.99. The fourth-order valence-electron chi connectivity index (χ4n) is 3.05. The van der Waals surface area contributed by atoms with Gasteiger partial charge in [-0.15, -0.1) is 0 Å². The van der Waals surface area contributed by atoms with Gasteiger partial charge in [0.25, 0.3) is 0 Å². The van der Waals surface area contributed by atoms with Crippen LogP contribution in [0.1, 0.15) is 11.1 Å². The zero-order chi connectivity index (χ0) is 22.4. The van der Waals surface area contributed by atoms with Crippen LogP contribution in [0.4, 0.5) is 10.1 Å². The number of ether oxygens (including phenoxy) is 1. The number of rotatable bonds is 7. The second-order valence-corrected chi connectivity index (χ2v) is 6.84. The molecule has 1 aromatic heterocycles. The molecule has 1 unspecified atom stereocenters. The number of amides is 1. The molecule has 0 bridgehead atoms. The number of carbonyl (C=O) groups is 2. The lowest BCUT2D eigenvalue weighted by Gasteiger charge is -2.09. The first kappa shape index (κ1) is 21.9. The second-order valence-electron chi connectivity index (χ2n) is 6.84. The van der Waals surface area contributed by atoms with E-state index in [1.807, 2.05) is 0 Å². The van der Waals surface area contributed by atoms with Crippen molar-refractivity contribution in [3.63, 3.8) is 0 Å². The third kappa shape index (κ3) is 5.64. The third-order valence-corrected chi connectivity index (χ3v) is 4.62. The zero-order valence-corrected chi connectivity index (χ0v) is 17.1. The smallest absolute Gasteiger partial charge is 0.335 e. The fraction of sp³-hybridized carbons (Fsp3) is 0.174. The first-order valence-electron chi connectivity index (χ1n) is 9.49. The standard InChI is InChI=1S/C23H22FN3O4/c1-27-22(16-5-8-18(24)9-6-16)17(14-25-27)7-12-21(29)26-19-10-3-15(4-11-19)13-20(28)23(30)31-2/h3-12,14,20,28H,13H2,1-2H3,(H,26,29)/b12-7+. The first-order valence-corrected chi connectivity index (χ1v) is 9.49. The monoisotopic (exact) mass is 423 g/mol. The number of esters is 1. The first-order chi connectivity index (χ1) is 14.9. The van der Waals surface area contributed by atoms with Gasteiger partial charge in [0.15, 0.2) is 6.10 Å². The Morgan fingerprint density at radius 2 is 1.87 bits per heavy atom. The number of aliphatic hydroxyl groups is 1. The Morgan fingerprint density at radius 1 is 1.19 bits per heavy atom. The van der Waals surface area contributed by atoms with Gasteiger partial charge in [-0.1, -0.05) is 12.1 Å². The summed E-state index contributed by atoms with van der Waals surface area (Å²) in [6.45, 7) is 0. The number of hydrogen-bond acceptors (Lipinski definition) is 5. The van der Waals surface area contributed by atoms with Gasteiger partial charge in [0.05, 0.1) is 19.0 Å². The van der Waals surface area contributed by atoms with Crippen molar-refractivity contribution in [2.45, 2.75) is 12.5 Å². The topological polar surface area (TPSA) is 93.4 Å². The van der Waals surface area contributed by atoms with Crippen LogP contribution in [0.5, 0.6) is 0 Å². The van der Waals surface area contributed by atoms with Crippen LogP contribution in [0.3, 0.4) is 0 Å². The van der Waals surface area contributed by atoms with Gasteiger partial charge in [0.2, 0.25) is 5.91 Å². The number of aromatic nitrogens is 2. The van der Waals surface area contributed by atoms with Crippen LogP contribution < -0.4 is 5.32 Å². The Morgan fingerprint density at radius 3 is 2.52 bits per heavy atom. The van der Waals surface area contributed by atoms with Gasteiger partial charge in [-0.05, 0) is 48.0 Å². The van der Waals surface area contributed by atoms with Crippen molar-refractivity contribution in [3.05, 3.63) is 77.7 Å². The summed E-state index contributed by atoms with van der Waals surface area (Å²) >= 11 is 0. The van der Waals surface area contributed by atoms with Gasteiger partial charge in [-0.2, -0.15) is 5.10 Å². The summed E-state index contributed by atoms with van der Waals surface area (Å²) in [5.74, 6) is -1.36. The molecule has 160 valence electrons. The van der Waals surface area contributed by atoms with Crippen molar-refractivity contribution in [2.75, 3.05) is 12.4 Å². The Balaban J connectivity index is 1.65. The summed E-state index contributed by atoms with van der Waals surface area (Å²) in [6.07, 6.45) is 3.54. The molecule has 1 heterocycles. The van der Waals surface area contributed by atoms with E-state index in [0.717, 1.165) is 22.4 Å². The molecule has 2 aromatic carbocycles. The molecule has 0 aliphatic carbocycles. The maximum absolute atomic E-state index is 13.2. The normalized spacial score (nSPS) is 12.0. The Labute approximate surface area is 178 Å². The number of nitrogens with zero attached hydrogens (tertiary/aromatic N) is 2. The molecule has 0 fully saturated rings. The van der Waals surface area contributed by atoms with E-state index in [4.69, 9.17) is 0 Å². The predicted molar refractivity (Wildman–Crippen MR) is 114 cm³/mol. The number of anilines is 1. The highest BCUT2D eigenvalue weighted by atomic mass is 19.1. The van der Waals surface area contributed by atoms with E-state index < -0.39 is 12.1 Å². The van der Waals surface area contributed by atoms with Crippen molar-refractivity contribution in [1.29, 1.82) is 0 Å². The molecular weight excluding hydrogens is 401 g/mol. The Bertz CT molecular complexity index is 1090. The van der Waals surface area contributed by atoms with Gasteiger partial charge in [0.1, 0.15) is 5.82 Å². The molecule has 3 aromatic rings. The molecule has 0 spiro atoms. The summed E-state index contributed by atoms with van der Waals surface area (Å²) in [4.78, 5) is 23.6. The highest BCUT2D eigenvalue weighted by Gasteiger charge is 2.15. The van der Waals surface area contributed by atoms with E-state index in [0.29, 0.717) is 5.69 Å². The molecule has 0 aliphatic rings. The lowest BCUT2D eigenvalue weighted by molar-refractivity contribution is -0.150. The molecule has 7 nitrogen and oxygen atoms in total. The van der Waals surface area contributed by atoms with Crippen LogP contribution in [0.15, 0.2) is 60.8 Å². The van der Waals surface area contributed by atoms with Gasteiger partial charge in [-0.3, -0.25) is 9.48 Å². The van der Waals surface area contributed by atoms with Crippen LogP contribution >= 0.6 is 0 Å². The number of aryl methyl sites for hydroxylation is 1. The molecule has 3 rings (SSSR count). The molecular formula is C23H22FN3O4. The highest BCUT2D eigenvalue weighted by molar-refractivity contribution is 6.02. The van der Waals surface area contributed by atoms with E-state index in [-0.39, 0.29) is 18.1 Å². The molecule has 0 radical (unpaired) electrons. The summed E-state index contributed by atoms with van der Waals surface area (Å²) in [6, 6.07) is 12.8. The average molecular weight is 423 g/mol. The van der Waals surface area contributed by atoms with E-state index in [9.17, 15) is 19.1 Å². The maximum Gasteiger partial charge on any atom is 0.335 e. The summed E-state index contributed by atoms with van der Waals surface area (Å²) < 4.78 is 19.4. The van der Waals surface area contributed by atoms with Crippen molar-refractivity contribution in [2.24, 2.45) is 7.05 Å². The molecule has 8 heteroatoms. The zero-order valence-electron chi connectivity index (χ0n) is 17.1. The van der Waals surface area contributed by atoms with E-state index in [1.165, 1.54) is 25.3 Å². The quantitative estimate of drug-likeness (QED) is 0.450. The van der Waals surface area contributed by atoms with Crippen molar-refractivity contribution < 1.29 is 23.8 Å².